The van der Waals surface area contributed by atoms with E-state index in [4.69, 9.17) is 14.2 Å². The molecule has 2 aliphatic rings. The molecule has 2 saturated carbocycles. The first-order valence-electron chi connectivity index (χ1n) is 8.96. The van der Waals surface area contributed by atoms with Crippen molar-refractivity contribution in [3.8, 4) is 0 Å². The smallest absolute Gasteiger partial charge is 0.313 e. The first kappa shape index (κ1) is 19.4. The van der Waals surface area contributed by atoms with Crippen LogP contribution in [-0.4, -0.2) is 37.9 Å². The van der Waals surface area contributed by atoms with Crippen molar-refractivity contribution < 1.29 is 23.8 Å². The van der Waals surface area contributed by atoms with Crippen molar-refractivity contribution in [2.45, 2.75) is 65.9 Å². The van der Waals surface area contributed by atoms with E-state index in [0.717, 1.165) is 19.3 Å². The van der Waals surface area contributed by atoms with Gasteiger partial charge in [-0.2, -0.15) is 0 Å². The second kappa shape index (κ2) is 6.75. The number of ether oxygens (including phenoxy) is 3. The van der Waals surface area contributed by atoms with E-state index in [1.807, 2.05) is 0 Å². The summed E-state index contributed by atoms with van der Waals surface area (Å²) in [5.41, 5.74) is -0.467. The predicted molar refractivity (Wildman–Crippen MR) is 90.3 cm³/mol. The summed E-state index contributed by atoms with van der Waals surface area (Å²) in [4.78, 5) is 24.6. The van der Waals surface area contributed by atoms with Gasteiger partial charge >= 0.3 is 5.97 Å². The molecule has 0 aromatic carbocycles. The van der Waals surface area contributed by atoms with Gasteiger partial charge in [0.1, 0.15) is 19.0 Å². The Hall–Kier alpha value is -0.940. The quantitative estimate of drug-likeness (QED) is 0.404. The number of ketones is 1. The molecule has 5 heteroatoms. The summed E-state index contributed by atoms with van der Waals surface area (Å²) < 4.78 is 16.1. The zero-order valence-electron chi connectivity index (χ0n) is 15.9. The third-order valence-electron chi connectivity index (χ3n) is 7.08. The molecule has 5 nitrogen and oxygen atoms in total. The van der Waals surface area contributed by atoms with Crippen molar-refractivity contribution >= 4 is 11.8 Å². The fourth-order valence-corrected chi connectivity index (χ4v) is 5.46. The zero-order chi connectivity index (χ0) is 18.2. The van der Waals surface area contributed by atoms with Gasteiger partial charge in [0, 0.05) is 13.0 Å². The molecule has 0 bridgehead atoms. The standard InChI is InChI=1S/C19H32O5/c1-7-23-16(21)10-15(20)14-8-9-17(3)11-18(4,24-12-22-6)13(2)19(14,17)5/h13-14H,7-12H2,1-6H3/t13-,14-,17-,18-,19-/m0/s1. The number of carbonyl (C=O) groups is 2. The Labute approximate surface area is 145 Å². The summed E-state index contributed by atoms with van der Waals surface area (Å²) in [6, 6.07) is 0. The minimum Gasteiger partial charge on any atom is -0.466 e. The SMILES string of the molecule is CCOC(=O)CC(=O)[C@@H]1CC[C@@]2(C)C[C@](C)(OCOC)[C@H](C)[C@@]12C. The number of carbonyl (C=O) groups excluding carboxylic acids is 2. The van der Waals surface area contributed by atoms with Gasteiger partial charge in [0.05, 0.1) is 12.2 Å². The monoisotopic (exact) mass is 340 g/mol. The number of esters is 1. The maximum absolute atomic E-state index is 12.8. The van der Waals surface area contributed by atoms with Crippen LogP contribution in [0.5, 0.6) is 0 Å². The molecule has 24 heavy (non-hydrogen) atoms. The molecule has 0 spiro atoms. The third kappa shape index (κ3) is 2.90. The average Bonchev–Trinajstić information content (AvgIpc) is 2.84. The molecule has 0 saturated heterocycles. The van der Waals surface area contributed by atoms with Crippen LogP contribution >= 0.6 is 0 Å². The number of hydrogen-bond donors (Lipinski definition) is 0. The molecule has 0 unspecified atom stereocenters. The highest BCUT2D eigenvalue weighted by atomic mass is 16.7. The molecule has 0 amide bonds. The molecule has 2 rings (SSSR count). The van der Waals surface area contributed by atoms with Gasteiger partial charge in [0.25, 0.3) is 0 Å². The van der Waals surface area contributed by atoms with E-state index in [1.54, 1.807) is 14.0 Å². The summed E-state index contributed by atoms with van der Waals surface area (Å²) >= 11 is 0. The van der Waals surface area contributed by atoms with E-state index in [1.165, 1.54) is 0 Å². The Kier molecular flexibility index (Phi) is 5.46. The van der Waals surface area contributed by atoms with Gasteiger partial charge < -0.3 is 14.2 Å². The van der Waals surface area contributed by atoms with E-state index < -0.39 is 5.97 Å². The van der Waals surface area contributed by atoms with Crippen LogP contribution in [0.3, 0.4) is 0 Å². The molecular weight excluding hydrogens is 308 g/mol. The average molecular weight is 340 g/mol. The van der Waals surface area contributed by atoms with Gasteiger partial charge in [-0.3, -0.25) is 9.59 Å². The second-order valence-corrected chi connectivity index (χ2v) is 8.14. The van der Waals surface area contributed by atoms with Crippen LogP contribution in [0.25, 0.3) is 0 Å². The molecule has 0 aromatic rings. The van der Waals surface area contributed by atoms with Crippen LogP contribution in [-0.2, 0) is 23.8 Å². The van der Waals surface area contributed by atoms with Crippen LogP contribution in [0.2, 0.25) is 0 Å². The molecule has 2 fully saturated rings. The van der Waals surface area contributed by atoms with Crippen molar-refractivity contribution in [2.24, 2.45) is 22.7 Å². The van der Waals surface area contributed by atoms with Gasteiger partial charge in [-0.1, -0.05) is 20.8 Å². The minimum atomic E-state index is -0.413. The topological polar surface area (TPSA) is 61.8 Å². The van der Waals surface area contributed by atoms with Crippen molar-refractivity contribution in [3.63, 3.8) is 0 Å². The number of fused-ring (bicyclic) bond motifs is 1. The molecule has 0 heterocycles. The molecule has 0 N–H and O–H groups in total. The first-order valence-corrected chi connectivity index (χ1v) is 8.96. The second-order valence-electron chi connectivity index (χ2n) is 8.14. The van der Waals surface area contributed by atoms with Gasteiger partial charge in [-0.15, -0.1) is 0 Å². The Morgan fingerprint density at radius 1 is 1.21 bits per heavy atom. The number of methoxy groups -OCH3 is 1. The van der Waals surface area contributed by atoms with E-state index in [-0.39, 0.29) is 47.3 Å². The lowest BCUT2D eigenvalue weighted by Gasteiger charge is -2.42. The van der Waals surface area contributed by atoms with Crippen LogP contribution in [0.1, 0.15) is 60.3 Å². The van der Waals surface area contributed by atoms with Crippen molar-refractivity contribution in [2.75, 3.05) is 20.5 Å². The number of rotatable bonds is 7. The van der Waals surface area contributed by atoms with Crippen LogP contribution in [0.4, 0.5) is 0 Å². The minimum absolute atomic E-state index is 0.0162. The Balaban J connectivity index is 2.23. The van der Waals surface area contributed by atoms with E-state index >= 15 is 0 Å². The Morgan fingerprint density at radius 3 is 2.46 bits per heavy atom. The van der Waals surface area contributed by atoms with Crippen LogP contribution < -0.4 is 0 Å². The molecule has 5 atom stereocenters. The highest BCUT2D eigenvalue weighted by Crippen LogP contribution is 2.71. The maximum Gasteiger partial charge on any atom is 0.313 e. The van der Waals surface area contributed by atoms with Gasteiger partial charge in [-0.05, 0) is 49.9 Å². The fraction of sp³-hybridized carbons (Fsp3) is 0.895. The highest BCUT2D eigenvalue weighted by molar-refractivity contribution is 5.97. The summed E-state index contributed by atoms with van der Waals surface area (Å²) in [5, 5.41) is 0. The Morgan fingerprint density at radius 2 is 1.88 bits per heavy atom. The van der Waals surface area contributed by atoms with Crippen molar-refractivity contribution in [3.05, 3.63) is 0 Å². The summed E-state index contributed by atoms with van der Waals surface area (Å²) in [5.74, 6) is -0.315. The molecule has 2 aliphatic carbocycles. The largest absolute Gasteiger partial charge is 0.466 e. The third-order valence-corrected chi connectivity index (χ3v) is 7.08. The predicted octanol–water partition coefficient (Wildman–Crippen LogP) is 3.35. The lowest BCUT2D eigenvalue weighted by atomic mass is 9.61. The van der Waals surface area contributed by atoms with Crippen LogP contribution in [0.15, 0.2) is 0 Å². The van der Waals surface area contributed by atoms with Crippen molar-refractivity contribution in [1.29, 1.82) is 0 Å². The van der Waals surface area contributed by atoms with Crippen molar-refractivity contribution in [1.82, 2.24) is 0 Å². The normalized spacial score (nSPS) is 41.2. The summed E-state index contributed by atoms with van der Waals surface area (Å²) in [6.07, 6.45) is 2.62. The van der Waals surface area contributed by atoms with Gasteiger partial charge in [0.15, 0.2) is 0 Å². The van der Waals surface area contributed by atoms with E-state index in [0.29, 0.717) is 6.61 Å². The summed E-state index contributed by atoms with van der Waals surface area (Å²) in [7, 11) is 1.62. The van der Waals surface area contributed by atoms with Gasteiger partial charge in [0.2, 0.25) is 0 Å². The summed E-state index contributed by atoms with van der Waals surface area (Å²) in [6.45, 7) is 11.1. The molecule has 0 aromatic heterocycles. The number of Topliss-reactive ketones (excluding diaryl/α,β-unsaturated/α-hetero) is 1. The Bertz CT molecular complexity index is 504. The van der Waals surface area contributed by atoms with E-state index in [2.05, 4.69) is 27.7 Å². The molecular formula is C19H32O5. The maximum atomic E-state index is 12.8. The zero-order valence-corrected chi connectivity index (χ0v) is 15.9. The number of hydrogen-bond acceptors (Lipinski definition) is 5. The fourth-order valence-electron chi connectivity index (χ4n) is 5.46. The lowest BCUT2D eigenvalue weighted by molar-refractivity contribution is -0.152. The lowest BCUT2D eigenvalue weighted by Crippen LogP contribution is -2.44. The molecule has 0 aliphatic heterocycles. The van der Waals surface area contributed by atoms with E-state index in [9.17, 15) is 9.59 Å². The molecule has 138 valence electrons. The first-order chi connectivity index (χ1) is 11.1. The molecule has 0 radical (unpaired) electrons. The van der Waals surface area contributed by atoms with Gasteiger partial charge in [-0.25, -0.2) is 0 Å². The highest BCUT2D eigenvalue weighted by Gasteiger charge is 2.69. The van der Waals surface area contributed by atoms with Crippen LogP contribution in [0, 0.1) is 22.7 Å².